The zero-order valence-electron chi connectivity index (χ0n) is 32.2. The number of benzene rings is 4. The first kappa shape index (κ1) is 47.1. The van der Waals surface area contributed by atoms with Crippen LogP contribution >= 0.6 is 0 Å². The molecule has 8 N–H and O–H groups in total. The van der Waals surface area contributed by atoms with E-state index in [0.29, 0.717) is 18.2 Å². The molecule has 0 spiro atoms. The number of hydrogen-bond acceptors (Lipinski definition) is 21. The first-order chi connectivity index (χ1) is 29.5. The number of aliphatic hydroxyl groups excluding tert-OH is 2. The fraction of sp³-hybridized carbons (Fsp3) is 0.200. The van der Waals surface area contributed by atoms with Crippen LogP contribution in [0.5, 0.6) is 28.9 Å². The topological polar surface area (TPSA) is 403 Å². The summed E-state index contributed by atoms with van der Waals surface area (Å²) in [6.07, 6.45) is 0. The molecule has 0 saturated carbocycles. The molecule has 28 heteroatoms. The van der Waals surface area contributed by atoms with E-state index in [-0.39, 0.29) is 51.9 Å². The van der Waals surface area contributed by atoms with Crippen LogP contribution in [-0.4, -0.2) is 95.4 Å². The maximum Gasteiger partial charge on any atom is 0.296 e. The summed E-state index contributed by atoms with van der Waals surface area (Å²) in [6, 6.07) is 8.74. The zero-order valence-corrected chi connectivity index (χ0v) is 34.7. The Balaban J connectivity index is 1.62. The van der Waals surface area contributed by atoms with E-state index in [1.807, 2.05) is 0 Å². The second-order valence-corrected chi connectivity index (χ2v) is 16.8. The number of phenolic OH excluding ortho intramolecular Hbond substituents is 2. The van der Waals surface area contributed by atoms with Gasteiger partial charge < -0.3 is 35.0 Å². The van der Waals surface area contributed by atoms with Gasteiger partial charge in [0.1, 0.15) is 74.6 Å². The number of phenols is 2. The summed E-state index contributed by atoms with van der Waals surface area (Å²) in [5.41, 5.74) is -3.73. The number of nitriles is 1. The second-order valence-electron chi connectivity index (χ2n) is 12.6. The Labute approximate surface area is 355 Å². The van der Waals surface area contributed by atoms with Crippen molar-refractivity contribution in [2.24, 2.45) is 30.7 Å². The monoisotopic (exact) mass is 932 g/mol. The van der Waals surface area contributed by atoms with E-state index in [2.05, 4.69) is 30.7 Å². The minimum absolute atomic E-state index is 0.0166. The van der Waals surface area contributed by atoms with Crippen molar-refractivity contribution in [3.8, 4) is 34.9 Å². The maximum absolute atomic E-state index is 12.5. The van der Waals surface area contributed by atoms with Crippen LogP contribution in [0.25, 0.3) is 10.8 Å². The predicted octanol–water partition coefficient (Wildman–Crippen LogP) is 5.05. The van der Waals surface area contributed by atoms with Gasteiger partial charge in [-0.25, -0.2) is 0 Å². The third kappa shape index (κ3) is 10.2. The van der Waals surface area contributed by atoms with Crippen LogP contribution in [0.4, 0.5) is 34.1 Å². The number of pyridine rings is 1. The van der Waals surface area contributed by atoms with Crippen LogP contribution in [0.3, 0.4) is 0 Å². The van der Waals surface area contributed by atoms with Crippen molar-refractivity contribution < 1.29 is 73.9 Å². The predicted molar refractivity (Wildman–Crippen MR) is 215 cm³/mol. The Morgan fingerprint density at radius 2 is 1.25 bits per heavy atom. The highest BCUT2D eigenvalue weighted by Gasteiger charge is 2.26. The summed E-state index contributed by atoms with van der Waals surface area (Å²) in [4.78, 5) is 9.62. The Hall–Kier alpha value is -6.97. The molecule has 0 amide bonds. The molecule has 63 heavy (non-hydrogen) atoms. The lowest BCUT2D eigenvalue weighted by molar-refractivity contribution is 0.198. The van der Waals surface area contributed by atoms with E-state index in [4.69, 9.17) is 9.47 Å². The van der Waals surface area contributed by atoms with Crippen molar-refractivity contribution in [2.75, 3.05) is 26.4 Å². The molecular weight excluding hydrogens is 901 g/mol. The van der Waals surface area contributed by atoms with Gasteiger partial charge in [0.2, 0.25) is 5.88 Å². The molecular formula is C35H32N8O17S3. The Bertz CT molecular complexity index is 3200. The normalized spacial score (nSPS) is 12.5. The summed E-state index contributed by atoms with van der Waals surface area (Å²) in [6.45, 7) is 0.857. The Morgan fingerprint density at radius 3 is 1.78 bits per heavy atom. The van der Waals surface area contributed by atoms with E-state index in [9.17, 15) is 74.5 Å². The van der Waals surface area contributed by atoms with E-state index < -0.39 is 117 Å². The molecule has 25 nitrogen and oxygen atoms in total. The number of hydrogen-bond donors (Lipinski definition) is 8. The number of fused-ring (bicyclic) bond motifs is 1. The number of nitrogens with zero attached hydrogens (tertiary/aromatic N) is 8. The van der Waals surface area contributed by atoms with Gasteiger partial charge in [-0.3, -0.25) is 23.0 Å². The number of aliphatic hydroxyl groups is 2. The quantitative estimate of drug-likeness (QED) is 0.0474. The fourth-order valence-corrected chi connectivity index (χ4v) is 7.48. The summed E-state index contributed by atoms with van der Waals surface area (Å²) in [7, 11) is -15.3. The number of rotatable bonds is 16. The molecule has 0 aliphatic heterocycles. The molecule has 5 rings (SSSR count). The molecule has 0 atom stereocenters. The minimum atomic E-state index is -5.30. The van der Waals surface area contributed by atoms with Gasteiger partial charge in [-0.2, -0.15) is 35.6 Å². The van der Waals surface area contributed by atoms with Crippen LogP contribution in [-0.2, 0) is 36.9 Å². The van der Waals surface area contributed by atoms with E-state index in [1.54, 1.807) is 6.07 Å². The van der Waals surface area contributed by atoms with Crippen molar-refractivity contribution in [1.29, 1.82) is 5.26 Å². The smallest absolute Gasteiger partial charge is 0.296 e. The molecule has 5 aromatic rings. The van der Waals surface area contributed by atoms with Crippen LogP contribution in [0.15, 0.2) is 98.7 Å². The van der Waals surface area contributed by atoms with Gasteiger partial charge in [0, 0.05) is 30.3 Å². The van der Waals surface area contributed by atoms with Crippen LogP contribution in [0.2, 0.25) is 0 Å². The van der Waals surface area contributed by atoms with Gasteiger partial charge in [0.25, 0.3) is 35.9 Å². The highest BCUT2D eigenvalue weighted by molar-refractivity contribution is 7.86. The average molecular weight is 933 g/mol. The number of aromatic hydroxyl groups is 3. The van der Waals surface area contributed by atoms with Crippen LogP contribution < -0.4 is 15.0 Å². The standard InChI is InChI=1S/C35H32N8O17S3/c1-3-43-34(48)21(16-36)17(2)31(35(43)49)41-37-19-4-5-22(28(12-19)62(53,54)55)38-39-23-14-27(60-9-7-45)24(15-26(23)59-8-6-44)40-42-32-29(63(56,57)58)11-18-10-20(61(50,51)52)13-25(46)30(18)33(32)47/h4-5,10-15,44-47,49H,3,6-9H2,1-2H3,(H,50,51,52)(H,53,54,55)(H,56,57,58)/b39-38+,41-37+,42-40+. The third-order valence-corrected chi connectivity index (χ3v) is 11.1. The van der Waals surface area contributed by atoms with Gasteiger partial charge in [-0.05, 0) is 49.6 Å². The van der Waals surface area contributed by atoms with Crippen molar-refractivity contribution in [3.63, 3.8) is 0 Å². The van der Waals surface area contributed by atoms with Crippen molar-refractivity contribution in [1.82, 2.24) is 4.57 Å². The van der Waals surface area contributed by atoms with Gasteiger partial charge in [0.05, 0.1) is 29.2 Å². The molecule has 0 radical (unpaired) electrons. The molecule has 1 heterocycles. The maximum atomic E-state index is 12.5. The summed E-state index contributed by atoms with van der Waals surface area (Å²) in [5, 5.41) is 82.9. The van der Waals surface area contributed by atoms with Gasteiger partial charge >= 0.3 is 0 Å². The third-order valence-electron chi connectivity index (χ3n) is 8.51. The highest BCUT2D eigenvalue weighted by Crippen LogP contribution is 2.47. The fourth-order valence-electron chi connectivity index (χ4n) is 5.64. The summed E-state index contributed by atoms with van der Waals surface area (Å²) in [5.74, 6) is -3.31. The number of ether oxygens (including phenoxy) is 2. The first-order valence-corrected chi connectivity index (χ1v) is 21.7. The van der Waals surface area contributed by atoms with Crippen LogP contribution in [0, 0.1) is 18.3 Å². The molecule has 0 aliphatic carbocycles. The van der Waals surface area contributed by atoms with Crippen LogP contribution in [0.1, 0.15) is 18.1 Å². The molecule has 0 unspecified atom stereocenters. The summed E-state index contributed by atoms with van der Waals surface area (Å²) >= 11 is 0. The lowest BCUT2D eigenvalue weighted by atomic mass is 10.1. The zero-order chi connectivity index (χ0) is 46.6. The van der Waals surface area contributed by atoms with E-state index in [0.717, 1.165) is 28.8 Å². The average Bonchev–Trinajstić information content (AvgIpc) is 3.20. The second kappa shape index (κ2) is 18.6. The Morgan fingerprint density at radius 1 is 0.698 bits per heavy atom. The van der Waals surface area contributed by atoms with Gasteiger partial charge in [0.15, 0.2) is 11.4 Å². The van der Waals surface area contributed by atoms with Gasteiger partial charge in [-0.1, -0.05) is 0 Å². The van der Waals surface area contributed by atoms with Crippen molar-refractivity contribution in [2.45, 2.75) is 35.1 Å². The Kier molecular flexibility index (Phi) is 13.9. The molecule has 0 fully saturated rings. The first-order valence-electron chi connectivity index (χ1n) is 17.4. The molecule has 0 saturated heterocycles. The lowest BCUT2D eigenvalue weighted by Crippen LogP contribution is -2.23. The van der Waals surface area contributed by atoms with Gasteiger partial charge in [-0.15, -0.1) is 25.6 Å². The largest absolute Gasteiger partial charge is 0.507 e. The lowest BCUT2D eigenvalue weighted by Gasteiger charge is -2.13. The van der Waals surface area contributed by atoms with E-state index in [1.165, 1.54) is 19.9 Å². The number of azo groups is 3. The SMILES string of the molecule is CCn1c(O)c(/N=N/c2ccc(/N=N/c3cc(OCCO)c(/N=N/c4c(S(=O)(=O)O)cc5cc(S(=O)(=O)O)cc(O)c5c4O)cc3OCCO)c(S(=O)(=O)O)c2)c(C)c(C#N)c1=O. The molecule has 332 valence electrons. The summed E-state index contributed by atoms with van der Waals surface area (Å²) < 4.78 is 115. The van der Waals surface area contributed by atoms with Crippen molar-refractivity contribution >= 4 is 75.3 Å². The van der Waals surface area contributed by atoms with E-state index >= 15 is 0 Å². The molecule has 0 aliphatic rings. The number of aromatic nitrogens is 1. The molecule has 4 aromatic carbocycles. The minimum Gasteiger partial charge on any atom is -0.507 e. The van der Waals surface area contributed by atoms with Crippen molar-refractivity contribution in [3.05, 3.63) is 70.0 Å². The molecule has 0 bridgehead atoms. The highest BCUT2D eigenvalue weighted by atomic mass is 32.2. The molecule has 1 aromatic heterocycles.